The zero-order chi connectivity index (χ0) is 44.2. The van der Waals surface area contributed by atoms with Crippen LogP contribution in [0, 0.1) is 13.8 Å². The van der Waals surface area contributed by atoms with Crippen molar-refractivity contribution in [1.29, 1.82) is 0 Å². The topological polar surface area (TPSA) is 25.8 Å². The lowest BCUT2D eigenvalue weighted by atomic mass is 9.68. The molecule has 2 aliphatic carbocycles. The van der Waals surface area contributed by atoms with Crippen molar-refractivity contribution < 1.29 is 0 Å². The molecule has 0 aliphatic heterocycles. The van der Waals surface area contributed by atoms with Gasteiger partial charge in [-0.1, -0.05) is 206 Å². The number of fused-ring (bicyclic) bond motifs is 6. The van der Waals surface area contributed by atoms with Gasteiger partial charge in [-0.25, -0.2) is 0 Å². The van der Waals surface area contributed by atoms with Crippen molar-refractivity contribution in [3.05, 3.63) is 321 Å². The van der Waals surface area contributed by atoms with Crippen molar-refractivity contribution in [2.24, 2.45) is 0 Å². The molecule has 2 nitrogen and oxygen atoms in total. The van der Waals surface area contributed by atoms with Crippen LogP contribution in [0.15, 0.2) is 243 Å². The van der Waals surface area contributed by atoms with E-state index < -0.39 is 10.8 Å². The summed E-state index contributed by atoms with van der Waals surface area (Å²) in [6.45, 7) is 4.20. The fraction of sp³-hybridized carbons (Fsp3) is 0.0625. The van der Waals surface area contributed by atoms with Crippen LogP contribution in [0.5, 0.6) is 0 Å². The molecule has 0 spiro atoms. The summed E-state index contributed by atoms with van der Waals surface area (Å²) >= 11 is 0. The Bertz CT molecular complexity index is 3180. The van der Waals surface area contributed by atoms with E-state index in [9.17, 15) is 0 Å². The van der Waals surface area contributed by atoms with Crippen LogP contribution in [0.1, 0.15) is 78.4 Å². The highest BCUT2D eigenvalue weighted by Crippen LogP contribution is 2.58. The molecule has 0 bridgehead atoms. The molecule has 2 aromatic heterocycles. The second-order valence-corrected chi connectivity index (χ2v) is 17.7. The molecule has 8 aromatic carbocycles. The van der Waals surface area contributed by atoms with E-state index >= 15 is 0 Å². The van der Waals surface area contributed by atoms with Crippen LogP contribution in [-0.2, 0) is 10.8 Å². The number of aromatic nitrogens is 2. The van der Waals surface area contributed by atoms with Crippen molar-refractivity contribution in [2.45, 2.75) is 24.7 Å². The lowest BCUT2D eigenvalue weighted by molar-refractivity contribution is 0.729. The van der Waals surface area contributed by atoms with Crippen LogP contribution in [-0.4, -0.2) is 9.97 Å². The van der Waals surface area contributed by atoms with E-state index in [4.69, 9.17) is 9.97 Å². The highest BCUT2D eigenvalue weighted by molar-refractivity contribution is 6.05. The van der Waals surface area contributed by atoms with Gasteiger partial charge in [0.25, 0.3) is 0 Å². The molecule has 10 aromatic rings. The standard InChI is InChI=1S/C64H46N2/c1-43-21-17-39-59(65-43)63(55-35-13-9-31-51(55)52-32-10-14-36-56(52)63)49-29-19-27-47(41-49)62(61(45-23-5-3-6-24-45)46-25-7-4-8-26-46)48-28-20-30-50(42-48)64(60-40-18-22-44(2)66-60)57-37-15-11-33-53(57)54-34-12-16-38-58(54)64/h3-42H,1-2H3. The molecule has 0 saturated carbocycles. The zero-order valence-corrected chi connectivity index (χ0v) is 37.0. The molecule has 0 N–H and O–H groups in total. The molecular weight excluding hydrogens is 797 g/mol. The van der Waals surface area contributed by atoms with Gasteiger partial charge in [0.1, 0.15) is 0 Å². The SMILES string of the molecule is Cc1cccc(C2(c3cccc(C(=C(c4ccccc4)c4ccccc4)c4cccc(C5(c6cccc(C)n6)c6ccccc6-c6ccccc65)c4)c3)c3ccccc3-c3ccccc32)n1. The smallest absolute Gasteiger partial charge is 0.0886 e. The molecule has 2 heterocycles. The summed E-state index contributed by atoms with van der Waals surface area (Å²) in [7, 11) is 0. The van der Waals surface area contributed by atoms with Crippen LogP contribution in [0.4, 0.5) is 0 Å². The third-order valence-corrected chi connectivity index (χ3v) is 14.0. The molecule has 0 fully saturated rings. The molecule has 0 saturated heterocycles. The van der Waals surface area contributed by atoms with Gasteiger partial charge in [-0.2, -0.15) is 0 Å². The summed E-state index contributed by atoms with van der Waals surface area (Å²) in [6.07, 6.45) is 0. The molecule has 66 heavy (non-hydrogen) atoms. The molecule has 2 aliphatic rings. The van der Waals surface area contributed by atoms with Gasteiger partial charge in [0, 0.05) is 11.4 Å². The van der Waals surface area contributed by atoms with Gasteiger partial charge in [0.15, 0.2) is 0 Å². The number of pyridine rings is 2. The highest BCUT2D eigenvalue weighted by Gasteiger charge is 2.49. The largest absolute Gasteiger partial charge is 0.257 e. The first kappa shape index (κ1) is 39.4. The van der Waals surface area contributed by atoms with E-state index in [1.807, 2.05) is 0 Å². The van der Waals surface area contributed by atoms with Crippen LogP contribution in [0.25, 0.3) is 33.4 Å². The minimum atomic E-state index is -0.667. The van der Waals surface area contributed by atoms with Crippen molar-refractivity contribution in [2.75, 3.05) is 0 Å². The number of aryl methyl sites for hydroxylation is 2. The summed E-state index contributed by atoms with van der Waals surface area (Å²) in [5.41, 5.74) is 21.8. The Morgan fingerprint density at radius 1 is 0.288 bits per heavy atom. The monoisotopic (exact) mass is 842 g/mol. The molecule has 0 atom stereocenters. The Kier molecular flexibility index (Phi) is 9.43. The van der Waals surface area contributed by atoms with Gasteiger partial charge in [0.05, 0.1) is 22.2 Å². The Morgan fingerprint density at radius 2 is 0.591 bits per heavy atom. The molecule has 0 amide bonds. The minimum Gasteiger partial charge on any atom is -0.257 e. The van der Waals surface area contributed by atoms with E-state index in [0.29, 0.717) is 0 Å². The number of nitrogens with zero attached hydrogens (tertiary/aromatic N) is 2. The number of hydrogen-bond donors (Lipinski definition) is 0. The van der Waals surface area contributed by atoms with E-state index in [2.05, 4.69) is 257 Å². The van der Waals surface area contributed by atoms with Crippen molar-refractivity contribution in [1.82, 2.24) is 9.97 Å². The van der Waals surface area contributed by atoms with E-state index in [-0.39, 0.29) is 0 Å². The molecule has 0 radical (unpaired) electrons. The van der Waals surface area contributed by atoms with Crippen LogP contribution >= 0.6 is 0 Å². The number of benzene rings is 8. The van der Waals surface area contributed by atoms with Crippen LogP contribution in [0.2, 0.25) is 0 Å². The fourth-order valence-corrected chi connectivity index (χ4v) is 11.4. The molecule has 2 heteroatoms. The lowest BCUT2D eigenvalue weighted by Gasteiger charge is -2.34. The van der Waals surface area contributed by atoms with Crippen LogP contribution in [0.3, 0.4) is 0 Å². The van der Waals surface area contributed by atoms with Crippen molar-refractivity contribution >= 4 is 11.1 Å². The van der Waals surface area contributed by atoms with E-state index in [1.54, 1.807) is 0 Å². The van der Waals surface area contributed by atoms with Gasteiger partial charge in [-0.15, -0.1) is 0 Å². The van der Waals surface area contributed by atoms with Crippen LogP contribution < -0.4 is 0 Å². The molecule has 0 unspecified atom stereocenters. The van der Waals surface area contributed by atoms with Gasteiger partial charge < -0.3 is 0 Å². The first-order valence-electron chi connectivity index (χ1n) is 22.9. The third-order valence-electron chi connectivity index (χ3n) is 14.0. The Hall–Kier alpha value is -8.20. The second-order valence-electron chi connectivity index (χ2n) is 17.7. The third kappa shape index (κ3) is 5.95. The van der Waals surface area contributed by atoms with Gasteiger partial charge in [0.2, 0.25) is 0 Å². The summed E-state index contributed by atoms with van der Waals surface area (Å²) < 4.78 is 0. The predicted octanol–water partition coefficient (Wildman–Crippen LogP) is 14.8. The minimum absolute atomic E-state index is 0.667. The maximum absolute atomic E-state index is 5.38. The summed E-state index contributed by atoms with van der Waals surface area (Å²) in [4.78, 5) is 10.8. The Labute approximate surface area is 387 Å². The Balaban J connectivity index is 1.18. The maximum atomic E-state index is 5.38. The summed E-state index contributed by atoms with van der Waals surface area (Å²) in [5.74, 6) is 0. The van der Waals surface area contributed by atoms with Gasteiger partial charge in [-0.3, -0.25) is 9.97 Å². The first-order chi connectivity index (χ1) is 32.6. The molecular formula is C64H46N2. The molecule has 12 rings (SSSR count). The summed E-state index contributed by atoms with van der Waals surface area (Å²) in [5, 5.41) is 0. The van der Waals surface area contributed by atoms with E-state index in [1.165, 1.54) is 55.6 Å². The normalized spacial score (nSPS) is 13.5. The quantitative estimate of drug-likeness (QED) is 0.142. The Morgan fingerprint density at radius 3 is 0.955 bits per heavy atom. The average molecular weight is 843 g/mol. The van der Waals surface area contributed by atoms with Gasteiger partial charge >= 0.3 is 0 Å². The first-order valence-corrected chi connectivity index (χ1v) is 22.9. The number of hydrogen-bond acceptors (Lipinski definition) is 2. The van der Waals surface area contributed by atoms with E-state index in [0.717, 1.165) is 56.2 Å². The average Bonchev–Trinajstić information content (AvgIpc) is 3.85. The second kappa shape index (κ2) is 15.8. The van der Waals surface area contributed by atoms with Gasteiger partial charge in [-0.05, 0) is 139 Å². The highest BCUT2D eigenvalue weighted by atomic mass is 14.8. The fourth-order valence-electron chi connectivity index (χ4n) is 11.4. The lowest BCUT2D eigenvalue weighted by Crippen LogP contribution is -2.30. The van der Waals surface area contributed by atoms with Crippen molar-refractivity contribution in [3.8, 4) is 22.3 Å². The number of rotatable bonds is 8. The summed E-state index contributed by atoms with van der Waals surface area (Å²) in [6, 6.07) is 89.1. The predicted molar refractivity (Wildman–Crippen MR) is 270 cm³/mol. The zero-order valence-electron chi connectivity index (χ0n) is 37.0. The maximum Gasteiger partial charge on any atom is 0.0886 e. The molecule has 312 valence electrons. The van der Waals surface area contributed by atoms with Crippen molar-refractivity contribution in [3.63, 3.8) is 0 Å².